The number of hydrogen-bond donors (Lipinski definition) is 0. The Kier molecular flexibility index (Phi) is 13.5. The Hall–Kier alpha value is 0.584. The third-order valence-corrected chi connectivity index (χ3v) is 18.3. The van der Waals surface area contributed by atoms with Gasteiger partial charge in [0.2, 0.25) is 0 Å². The third-order valence-electron chi connectivity index (χ3n) is 7.12. The van der Waals surface area contributed by atoms with E-state index in [1.54, 1.807) is 34.5 Å². The summed E-state index contributed by atoms with van der Waals surface area (Å²) in [6.45, 7) is 9.11. The van der Waals surface area contributed by atoms with Crippen LogP contribution in [0.4, 0.5) is 0 Å². The molecule has 2 heterocycles. The normalized spacial score (nSPS) is 17.8. The Balaban J connectivity index is 0.000000490. The molecular weight excluding hydrogens is 594 g/mol. The summed E-state index contributed by atoms with van der Waals surface area (Å²) in [5.74, 6) is 0. The molecule has 0 bridgehead atoms. The summed E-state index contributed by atoms with van der Waals surface area (Å²) >= 11 is 0. The fourth-order valence-electron chi connectivity index (χ4n) is 5.32. The second-order valence-electron chi connectivity index (χ2n) is 9.12. The maximum atomic E-state index is 2.45. The van der Waals surface area contributed by atoms with Crippen molar-refractivity contribution in [2.45, 2.75) is 89.6 Å². The minimum atomic E-state index is -0.898. The Morgan fingerprint density at radius 3 is 1.24 bits per heavy atom. The fourth-order valence-corrected chi connectivity index (χ4v) is 14.3. The van der Waals surface area contributed by atoms with Crippen LogP contribution in [0.1, 0.15) is 50.7 Å². The van der Waals surface area contributed by atoms with Crippen LogP contribution in [0.3, 0.4) is 0 Å². The minimum Gasteiger partial charge on any atom is -1.00 e. The average molecular weight is 632 g/mol. The SMILES string of the molecule is CCC[Si]1(c2cc[c-](C)c2)CCC1.CCC[Si]1(c2cc[c-](C)c2)CCC1.[Cl-].[Cl-].[Hf+4]. The maximum absolute atomic E-state index is 2.45. The first-order chi connectivity index (χ1) is 12.5. The van der Waals surface area contributed by atoms with E-state index in [4.69, 9.17) is 0 Å². The van der Waals surface area contributed by atoms with E-state index in [0.29, 0.717) is 0 Å². The van der Waals surface area contributed by atoms with E-state index in [0.717, 1.165) is 0 Å². The van der Waals surface area contributed by atoms with Gasteiger partial charge in [-0.3, -0.25) is 0 Å². The Morgan fingerprint density at radius 2 is 1.07 bits per heavy atom. The van der Waals surface area contributed by atoms with Crippen LogP contribution in [0.5, 0.6) is 0 Å². The number of hydrogen-bond acceptors (Lipinski definition) is 0. The first-order valence-electron chi connectivity index (χ1n) is 11.0. The van der Waals surface area contributed by atoms with Gasteiger partial charge in [0, 0.05) is 16.1 Å². The molecule has 29 heavy (non-hydrogen) atoms. The zero-order chi connectivity index (χ0) is 18.6. The number of halogens is 2. The molecule has 0 aromatic heterocycles. The minimum absolute atomic E-state index is 0. The van der Waals surface area contributed by atoms with Crippen molar-refractivity contribution < 1.29 is 50.7 Å². The fraction of sp³-hybridized carbons (Fsp3) is 0.583. The van der Waals surface area contributed by atoms with E-state index in [9.17, 15) is 0 Å². The van der Waals surface area contributed by atoms with Gasteiger partial charge < -0.3 is 24.8 Å². The average Bonchev–Trinajstić information content (AvgIpc) is 3.16. The molecule has 0 saturated carbocycles. The topological polar surface area (TPSA) is 0 Å². The van der Waals surface area contributed by atoms with Gasteiger partial charge in [0.25, 0.3) is 0 Å². The Labute approximate surface area is 213 Å². The van der Waals surface area contributed by atoms with Crippen molar-refractivity contribution in [1.82, 2.24) is 0 Å². The van der Waals surface area contributed by atoms with Crippen LogP contribution in [0.25, 0.3) is 0 Å². The zero-order valence-electron chi connectivity index (χ0n) is 18.8. The predicted molar refractivity (Wildman–Crippen MR) is 123 cm³/mol. The van der Waals surface area contributed by atoms with Crippen molar-refractivity contribution in [1.29, 1.82) is 0 Å². The van der Waals surface area contributed by atoms with Gasteiger partial charge >= 0.3 is 25.8 Å². The van der Waals surface area contributed by atoms with Crippen molar-refractivity contribution in [3.8, 4) is 0 Å². The predicted octanol–water partition coefficient (Wildman–Crippen LogP) is 0.372. The van der Waals surface area contributed by atoms with E-state index in [2.05, 4.69) is 64.1 Å². The van der Waals surface area contributed by atoms with E-state index >= 15 is 0 Å². The van der Waals surface area contributed by atoms with Crippen molar-refractivity contribution in [3.05, 3.63) is 47.5 Å². The molecule has 2 saturated heterocycles. The van der Waals surface area contributed by atoms with Gasteiger partial charge in [0.15, 0.2) is 0 Å². The molecule has 0 radical (unpaired) electrons. The second-order valence-corrected chi connectivity index (χ2v) is 18.4. The van der Waals surface area contributed by atoms with Gasteiger partial charge in [-0.15, -0.1) is 0 Å². The van der Waals surface area contributed by atoms with E-state index in [-0.39, 0.29) is 50.7 Å². The quantitative estimate of drug-likeness (QED) is 0.320. The van der Waals surface area contributed by atoms with Crippen LogP contribution < -0.4 is 35.2 Å². The second kappa shape index (κ2) is 13.2. The van der Waals surface area contributed by atoms with Gasteiger partial charge in [-0.25, -0.2) is 22.5 Å². The summed E-state index contributed by atoms with van der Waals surface area (Å²) in [5, 5.41) is 3.50. The van der Waals surface area contributed by atoms with Gasteiger partial charge in [0.1, 0.15) is 0 Å². The van der Waals surface area contributed by atoms with Crippen LogP contribution in [-0.4, -0.2) is 16.1 Å². The monoisotopic (exact) mass is 632 g/mol. The number of rotatable bonds is 6. The molecule has 2 aromatic rings. The summed E-state index contributed by atoms with van der Waals surface area (Å²) in [4.78, 5) is 0. The molecule has 0 unspecified atom stereocenters. The van der Waals surface area contributed by atoms with Crippen molar-refractivity contribution >= 4 is 26.5 Å². The molecule has 2 aliphatic rings. The zero-order valence-corrected chi connectivity index (χ0v) is 25.9. The molecule has 0 atom stereocenters. The maximum Gasteiger partial charge on any atom is 4.00 e. The molecule has 2 fully saturated rings. The summed E-state index contributed by atoms with van der Waals surface area (Å²) in [6.07, 6.45) is 5.76. The Morgan fingerprint density at radius 1 is 0.724 bits per heavy atom. The molecule has 2 aliphatic heterocycles. The Bertz CT molecular complexity index is 639. The van der Waals surface area contributed by atoms with E-state index in [1.807, 2.05) is 0 Å². The van der Waals surface area contributed by atoms with Crippen molar-refractivity contribution in [3.63, 3.8) is 0 Å². The molecule has 0 spiro atoms. The third kappa shape index (κ3) is 6.78. The summed E-state index contributed by atoms with van der Waals surface area (Å²) in [7, 11) is -1.80. The molecule has 2 aromatic carbocycles. The van der Waals surface area contributed by atoms with Gasteiger partial charge in [-0.05, 0) is 0 Å². The smallest absolute Gasteiger partial charge is 1.00 e. The van der Waals surface area contributed by atoms with E-state index in [1.165, 1.54) is 48.9 Å². The molecule has 0 aliphatic carbocycles. The first-order valence-corrected chi connectivity index (χ1v) is 16.3. The molecule has 5 heteroatoms. The molecule has 0 amide bonds. The van der Waals surface area contributed by atoms with Crippen LogP contribution in [0, 0.1) is 13.8 Å². The molecular formula is C24H38Cl2HfSi2. The molecule has 0 N–H and O–H groups in total. The standard InChI is InChI=1S/2C12H19Si.2ClH.Hf/c2*1-3-7-13(8-4-9-13)12-6-5-11(2)10-12;;;/h2*5-6,10H,3-4,7-9H2,1-2H3;2*1H;/q2*-1;;;+4/p-2. The van der Waals surface area contributed by atoms with E-state index < -0.39 is 16.1 Å². The largest absolute Gasteiger partial charge is 4.00 e. The summed E-state index contributed by atoms with van der Waals surface area (Å²) in [5.41, 5.74) is 2.93. The first kappa shape index (κ1) is 29.6. The van der Waals surface area contributed by atoms with Gasteiger partial charge in [0.05, 0.1) is 0 Å². The van der Waals surface area contributed by atoms with Crippen LogP contribution >= 0.6 is 0 Å². The summed E-state index contributed by atoms with van der Waals surface area (Å²) < 4.78 is 0. The number of aryl methyl sites for hydroxylation is 2. The molecule has 0 nitrogen and oxygen atoms in total. The van der Waals surface area contributed by atoms with Gasteiger partial charge in [-0.2, -0.15) is 35.4 Å². The van der Waals surface area contributed by atoms with Crippen LogP contribution in [-0.2, 0) is 25.8 Å². The van der Waals surface area contributed by atoms with Crippen LogP contribution in [0.15, 0.2) is 36.4 Å². The van der Waals surface area contributed by atoms with Crippen LogP contribution in [0.2, 0.25) is 36.3 Å². The molecule has 160 valence electrons. The van der Waals surface area contributed by atoms with Crippen molar-refractivity contribution in [2.75, 3.05) is 0 Å². The van der Waals surface area contributed by atoms with Gasteiger partial charge in [-0.1, -0.05) is 89.6 Å². The molecule has 4 rings (SSSR count). The summed E-state index contributed by atoms with van der Waals surface area (Å²) in [6, 6.07) is 23.6. The van der Waals surface area contributed by atoms with Crippen molar-refractivity contribution in [2.24, 2.45) is 0 Å².